The summed E-state index contributed by atoms with van der Waals surface area (Å²) >= 11 is 0. The lowest BCUT2D eigenvalue weighted by Gasteiger charge is -2.39. The van der Waals surface area contributed by atoms with Crippen LogP contribution in [0.2, 0.25) is 0 Å². The number of nitrogens with zero attached hydrogens (tertiary/aromatic N) is 2. The fourth-order valence-corrected chi connectivity index (χ4v) is 3.47. The van der Waals surface area contributed by atoms with Crippen LogP contribution in [-0.4, -0.2) is 60.2 Å². The SMILES string of the molecule is C[C@H]1CCC[C@H](C)N1C(=O)CN(C)CC(=O)Nc1ccc(OC(F)(F)F)cc1. The standard InChI is InChI=1S/C19H26F3N3O3/c1-13-5-4-6-14(2)25(13)18(27)12-24(3)11-17(26)23-15-7-9-16(10-8-15)28-19(20,21)22/h7-10,13-14H,4-6,11-12H2,1-3H3,(H,23,26)/t13-,14-/m0/s1. The number of nitrogens with one attached hydrogen (secondary N) is 1. The molecule has 1 heterocycles. The molecular formula is C19H26F3N3O3. The van der Waals surface area contributed by atoms with Crippen LogP contribution in [0, 0.1) is 0 Å². The lowest BCUT2D eigenvalue weighted by Crippen LogP contribution is -2.51. The van der Waals surface area contributed by atoms with Crippen molar-refractivity contribution < 1.29 is 27.5 Å². The van der Waals surface area contributed by atoms with E-state index >= 15 is 0 Å². The minimum absolute atomic E-state index is 0.0105. The van der Waals surface area contributed by atoms with Gasteiger partial charge in [-0.05, 0) is 64.4 Å². The molecule has 1 saturated heterocycles. The zero-order valence-electron chi connectivity index (χ0n) is 16.3. The highest BCUT2D eigenvalue weighted by Crippen LogP contribution is 2.24. The summed E-state index contributed by atoms with van der Waals surface area (Å²) in [6.45, 7) is 4.18. The number of carbonyl (C=O) groups is 2. The van der Waals surface area contributed by atoms with Crippen LogP contribution < -0.4 is 10.1 Å². The molecule has 156 valence electrons. The molecule has 0 aromatic heterocycles. The van der Waals surface area contributed by atoms with E-state index in [1.54, 1.807) is 11.9 Å². The number of alkyl halides is 3. The van der Waals surface area contributed by atoms with Crippen LogP contribution in [0.4, 0.5) is 18.9 Å². The van der Waals surface area contributed by atoms with E-state index < -0.39 is 6.36 Å². The Morgan fingerprint density at radius 1 is 1.14 bits per heavy atom. The largest absolute Gasteiger partial charge is 0.573 e. The Balaban J connectivity index is 1.82. The molecule has 2 rings (SSSR count). The van der Waals surface area contributed by atoms with Crippen molar-refractivity contribution in [3.05, 3.63) is 24.3 Å². The second-order valence-electron chi connectivity index (χ2n) is 7.22. The van der Waals surface area contributed by atoms with Crippen molar-refractivity contribution in [3.63, 3.8) is 0 Å². The van der Waals surface area contributed by atoms with E-state index in [1.165, 1.54) is 12.1 Å². The highest BCUT2D eigenvalue weighted by molar-refractivity contribution is 5.92. The fourth-order valence-electron chi connectivity index (χ4n) is 3.47. The first-order chi connectivity index (χ1) is 13.0. The van der Waals surface area contributed by atoms with Crippen molar-refractivity contribution in [2.24, 2.45) is 0 Å². The van der Waals surface area contributed by atoms with Crippen molar-refractivity contribution in [1.82, 2.24) is 9.80 Å². The van der Waals surface area contributed by atoms with E-state index in [2.05, 4.69) is 10.1 Å². The first-order valence-electron chi connectivity index (χ1n) is 9.20. The van der Waals surface area contributed by atoms with Gasteiger partial charge in [0, 0.05) is 17.8 Å². The second kappa shape index (κ2) is 9.27. The Hall–Kier alpha value is -2.29. The minimum Gasteiger partial charge on any atom is -0.406 e. The maximum atomic E-state index is 12.6. The Morgan fingerprint density at radius 2 is 1.71 bits per heavy atom. The van der Waals surface area contributed by atoms with Crippen LogP contribution in [0.1, 0.15) is 33.1 Å². The molecule has 1 fully saturated rings. The van der Waals surface area contributed by atoms with Crippen molar-refractivity contribution in [2.45, 2.75) is 51.6 Å². The number of piperidine rings is 1. The molecule has 0 unspecified atom stereocenters. The summed E-state index contributed by atoms with van der Waals surface area (Å²) in [6.07, 6.45) is -1.69. The average molecular weight is 401 g/mol. The van der Waals surface area contributed by atoms with Gasteiger partial charge in [-0.15, -0.1) is 13.2 Å². The molecule has 0 saturated carbocycles. The maximum absolute atomic E-state index is 12.6. The highest BCUT2D eigenvalue weighted by atomic mass is 19.4. The van der Waals surface area contributed by atoms with E-state index in [0.29, 0.717) is 5.69 Å². The molecule has 6 nitrogen and oxygen atoms in total. The summed E-state index contributed by atoms with van der Waals surface area (Å²) in [5, 5.41) is 2.59. The maximum Gasteiger partial charge on any atom is 0.573 e. The number of hydrogen-bond donors (Lipinski definition) is 1. The van der Waals surface area contributed by atoms with Crippen LogP contribution in [0.5, 0.6) is 5.75 Å². The molecule has 1 N–H and O–H groups in total. The first kappa shape index (κ1) is 22.0. The van der Waals surface area contributed by atoms with Gasteiger partial charge in [0.25, 0.3) is 0 Å². The smallest absolute Gasteiger partial charge is 0.406 e. The van der Waals surface area contributed by atoms with Crippen molar-refractivity contribution >= 4 is 17.5 Å². The molecule has 0 spiro atoms. The predicted molar refractivity (Wildman–Crippen MR) is 98.9 cm³/mol. The Morgan fingerprint density at radius 3 is 2.25 bits per heavy atom. The molecule has 1 aliphatic heterocycles. The quantitative estimate of drug-likeness (QED) is 0.795. The summed E-state index contributed by atoms with van der Waals surface area (Å²) < 4.78 is 40.2. The molecule has 1 aromatic rings. The number of amides is 2. The highest BCUT2D eigenvalue weighted by Gasteiger charge is 2.31. The molecule has 0 radical (unpaired) electrons. The van der Waals surface area contributed by atoms with Gasteiger partial charge in [-0.1, -0.05) is 0 Å². The summed E-state index contributed by atoms with van der Waals surface area (Å²) in [5.41, 5.74) is 0.345. The van der Waals surface area contributed by atoms with E-state index in [-0.39, 0.29) is 42.7 Å². The summed E-state index contributed by atoms with van der Waals surface area (Å²) in [6, 6.07) is 5.26. The molecule has 9 heteroatoms. The Labute approximate surface area is 162 Å². The summed E-state index contributed by atoms with van der Waals surface area (Å²) in [4.78, 5) is 28.2. The van der Waals surface area contributed by atoms with Crippen LogP contribution in [-0.2, 0) is 9.59 Å². The predicted octanol–water partition coefficient (Wildman–Crippen LogP) is 3.25. The number of carbonyl (C=O) groups excluding carboxylic acids is 2. The minimum atomic E-state index is -4.76. The molecule has 1 aromatic carbocycles. The van der Waals surface area contributed by atoms with Crippen LogP contribution in [0.3, 0.4) is 0 Å². The lowest BCUT2D eigenvalue weighted by molar-refractivity contribution is -0.274. The zero-order valence-corrected chi connectivity index (χ0v) is 16.3. The molecule has 0 aliphatic carbocycles. The van der Waals surface area contributed by atoms with Gasteiger partial charge in [-0.25, -0.2) is 0 Å². The van der Waals surface area contributed by atoms with Gasteiger partial charge in [-0.3, -0.25) is 14.5 Å². The normalized spacial score (nSPS) is 20.2. The number of hydrogen-bond acceptors (Lipinski definition) is 4. The van der Waals surface area contributed by atoms with Crippen molar-refractivity contribution in [1.29, 1.82) is 0 Å². The van der Waals surface area contributed by atoms with Gasteiger partial charge < -0.3 is 15.0 Å². The van der Waals surface area contributed by atoms with Gasteiger partial charge in [0.15, 0.2) is 0 Å². The lowest BCUT2D eigenvalue weighted by atomic mass is 9.97. The molecule has 0 bridgehead atoms. The molecule has 2 amide bonds. The third-order valence-electron chi connectivity index (χ3n) is 4.67. The van der Waals surface area contributed by atoms with Gasteiger partial charge in [0.05, 0.1) is 13.1 Å². The van der Waals surface area contributed by atoms with E-state index in [9.17, 15) is 22.8 Å². The molecule has 2 atom stereocenters. The average Bonchev–Trinajstić information content (AvgIpc) is 2.54. The third kappa shape index (κ3) is 6.70. The molecule has 28 heavy (non-hydrogen) atoms. The molecule has 1 aliphatic rings. The zero-order chi connectivity index (χ0) is 20.9. The van der Waals surface area contributed by atoms with Gasteiger partial charge >= 0.3 is 6.36 Å². The van der Waals surface area contributed by atoms with E-state index in [4.69, 9.17) is 0 Å². The number of rotatable bonds is 6. The van der Waals surface area contributed by atoms with Crippen molar-refractivity contribution in [2.75, 3.05) is 25.5 Å². The van der Waals surface area contributed by atoms with Gasteiger partial charge in [0.1, 0.15) is 5.75 Å². The first-order valence-corrected chi connectivity index (χ1v) is 9.20. The van der Waals surface area contributed by atoms with E-state index in [1.807, 2.05) is 18.7 Å². The van der Waals surface area contributed by atoms with Crippen molar-refractivity contribution in [3.8, 4) is 5.75 Å². The number of anilines is 1. The van der Waals surface area contributed by atoms with Crippen LogP contribution >= 0.6 is 0 Å². The number of likely N-dealkylation sites (tertiary alicyclic amines) is 1. The summed E-state index contributed by atoms with van der Waals surface area (Å²) in [5.74, 6) is -0.735. The molecular weight excluding hydrogens is 375 g/mol. The number of likely N-dealkylation sites (N-methyl/N-ethyl adjacent to an activating group) is 1. The monoisotopic (exact) mass is 401 g/mol. The van der Waals surface area contributed by atoms with Gasteiger partial charge in [0.2, 0.25) is 11.8 Å². The van der Waals surface area contributed by atoms with Crippen LogP contribution in [0.15, 0.2) is 24.3 Å². The Kier molecular flexibility index (Phi) is 7.29. The van der Waals surface area contributed by atoms with Gasteiger partial charge in [-0.2, -0.15) is 0 Å². The third-order valence-corrected chi connectivity index (χ3v) is 4.67. The Bertz CT molecular complexity index is 669. The van der Waals surface area contributed by atoms with Crippen LogP contribution in [0.25, 0.3) is 0 Å². The second-order valence-corrected chi connectivity index (χ2v) is 7.22. The number of benzene rings is 1. The number of ether oxygens (including phenoxy) is 1. The summed E-state index contributed by atoms with van der Waals surface area (Å²) in [7, 11) is 1.68. The fraction of sp³-hybridized carbons (Fsp3) is 0.579. The number of halogens is 3. The van der Waals surface area contributed by atoms with E-state index in [0.717, 1.165) is 31.4 Å². The topological polar surface area (TPSA) is 61.9 Å².